The van der Waals surface area contributed by atoms with Crippen LogP contribution in [0.15, 0.2) is 42.6 Å². The van der Waals surface area contributed by atoms with Crippen LogP contribution in [0.1, 0.15) is 10.5 Å². The third-order valence-electron chi connectivity index (χ3n) is 2.10. The van der Waals surface area contributed by atoms with Crippen LogP contribution in [-0.4, -0.2) is 16.0 Å². The lowest BCUT2D eigenvalue weighted by atomic mass is 10.2. The Bertz CT molecular complexity index is 543. The van der Waals surface area contributed by atoms with Crippen molar-refractivity contribution in [2.45, 2.75) is 0 Å². The lowest BCUT2D eigenvalue weighted by Gasteiger charge is -2.05. The first-order valence-corrected chi connectivity index (χ1v) is 4.88. The summed E-state index contributed by atoms with van der Waals surface area (Å²) in [5, 5.41) is 11.5. The molecular weight excluding hydrogens is 223 g/mol. The van der Waals surface area contributed by atoms with Crippen LogP contribution in [0.2, 0.25) is 0 Å². The monoisotopic (exact) mass is 232 g/mol. The molecule has 0 aliphatic rings. The highest BCUT2D eigenvalue weighted by atomic mass is 19.1. The predicted octanol–water partition coefficient (Wildman–Crippen LogP) is 2.18. The van der Waals surface area contributed by atoms with Gasteiger partial charge in [0.15, 0.2) is 11.6 Å². The minimum Gasteiger partial charge on any atom is -0.505 e. The average Bonchev–Trinajstić information content (AvgIpc) is 2.35. The normalized spacial score (nSPS) is 9.94. The zero-order chi connectivity index (χ0) is 12.3. The summed E-state index contributed by atoms with van der Waals surface area (Å²) < 4.78 is 13.0. The van der Waals surface area contributed by atoms with Gasteiger partial charge in [0.05, 0.1) is 0 Å². The van der Waals surface area contributed by atoms with Gasteiger partial charge < -0.3 is 10.4 Å². The molecule has 0 spiro atoms. The van der Waals surface area contributed by atoms with Crippen LogP contribution in [0.4, 0.5) is 10.1 Å². The highest BCUT2D eigenvalue weighted by Gasteiger charge is 2.08. The third-order valence-corrected chi connectivity index (χ3v) is 2.10. The quantitative estimate of drug-likeness (QED) is 0.780. The SMILES string of the molecule is O=C(Nc1ccc(O)c(F)c1)c1ccccn1. The molecule has 0 bridgehead atoms. The maximum Gasteiger partial charge on any atom is 0.274 e. The third kappa shape index (κ3) is 2.57. The number of amides is 1. The van der Waals surface area contributed by atoms with Gasteiger partial charge in [0.1, 0.15) is 5.69 Å². The van der Waals surface area contributed by atoms with Crippen molar-refractivity contribution in [3.05, 3.63) is 54.1 Å². The Kier molecular flexibility index (Phi) is 3.00. The number of benzene rings is 1. The van der Waals surface area contributed by atoms with Crippen LogP contribution in [0.5, 0.6) is 5.75 Å². The number of nitrogens with one attached hydrogen (secondary N) is 1. The van der Waals surface area contributed by atoms with Crippen LogP contribution in [0.25, 0.3) is 0 Å². The molecule has 0 aliphatic carbocycles. The van der Waals surface area contributed by atoms with Crippen molar-refractivity contribution in [2.75, 3.05) is 5.32 Å². The van der Waals surface area contributed by atoms with Crippen molar-refractivity contribution < 1.29 is 14.3 Å². The van der Waals surface area contributed by atoms with Gasteiger partial charge in [-0.15, -0.1) is 0 Å². The molecule has 5 heteroatoms. The second-order valence-corrected chi connectivity index (χ2v) is 3.34. The topological polar surface area (TPSA) is 62.2 Å². The summed E-state index contributed by atoms with van der Waals surface area (Å²) in [6.45, 7) is 0. The molecule has 86 valence electrons. The number of pyridine rings is 1. The zero-order valence-corrected chi connectivity index (χ0v) is 8.72. The molecule has 0 saturated heterocycles. The molecule has 17 heavy (non-hydrogen) atoms. The number of aromatic nitrogens is 1. The molecule has 0 atom stereocenters. The second-order valence-electron chi connectivity index (χ2n) is 3.34. The number of hydrogen-bond donors (Lipinski definition) is 2. The van der Waals surface area contributed by atoms with E-state index in [-0.39, 0.29) is 11.4 Å². The number of nitrogens with zero attached hydrogens (tertiary/aromatic N) is 1. The van der Waals surface area contributed by atoms with Gasteiger partial charge in [0, 0.05) is 18.0 Å². The van der Waals surface area contributed by atoms with Crippen molar-refractivity contribution in [1.82, 2.24) is 4.98 Å². The van der Waals surface area contributed by atoms with Crippen molar-refractivity contribution in [2.24, 2.45) is 0 Å². The molecule has 0 saturated carbocycles. The molecule has 0 radical (unpaired) electrons. The molecule has 0 aliphatic heterocycles. The molecule has 4 nitrogen and oxygen atoms in total. The Hall–Kier alpha value is -2.43. The van der Waals surface area contributed by atoms with E-state index in [9.17, 15) is 9.18 Å². The maximum absolute atomic E-state index is 13.0. The highest BCUT2D eigenvalue weighted by Crippen LogP contribution is 2.19. The minimum atomic E-state index is -0.788. The predicted molar refractivity (Wildman–Crippen MR) is 60.3 cm³/mol. The summed E-state index contributed by atoms with van der Waals surface area (Å²) in [4.78, 5) is 15.5. The van der Waals surface area contributed by atoms with Gasteiger partial charge in [-0.3, -0.25) is 9.78 Å². The van der Waals surface area contributed by atoms with Gasteiger partial charge in [-0.25, -0.2) is 4.39 Å². The number of phenols is 1. The van der Waals surface area contributed by atoms with Crippen LogP contribution in [0.3, 0.4) is 0 Å². The Balaban J connectivity index is 2.16. The minimum absolute atomic E-state index is 0.237. The summed E-state index contributed by atoms with van der Waals surface area (Å²) in [6.07, 6.45) is 1.49. The van der Waals surface area contributed by atoms with Crippen molar-refractivity contribution in [3.8, 4) is 5.75 Å². The summed E-state index contributed by atoms with van der Waals surface area (Å²) in [5.41, 5.74) is 0.497. The van der Waals surface area contributed by atoms with E-state index in [1.54, 1.807) is 18.2 Å². The first-order valence-electron chi connectivity index (χ1n) is 4.88. The number of halogens is 1. The first kappa shape index (κ1) is 11.1. The van der Waals surface area contributed by atoms with E-state index in [4.69, 9.17) is 5.11 Å². The fourth-order valence-corrected chi connectivity index (χ4v) is 1.28. The van der Waals surface area contributed by atoms with Gasteiger partial charge >= 0.3 is 0 Å². The van der Waals surface area contributed by atoms with Gasteiger partial charge in [0.25, 0.3) is 5.91 Å². The zero-order valence-electron chi connectivity index (χ0n) is 8.72. The van der Waals surface area contributed by atoms with E-state index < -0.39 is 17.5 Å². The Labute approximate surface area is 96.7 Å². The number of phenolic OH excluding ortho intramolecular Hbond substituents is 1. The number of carbonyl (C=O) groups excluding carboxylic acids is 1. The molecule has 1 heterocycles. The molecule has 0 fully saturated rings. The lowest BCUT2D eigenvalue weighted by Crippen LogP contribution is -2.13. The molecule has 1 aromatic heterocycles. The fraction of sp³-hybridized carbons (Fsp3) is 0. The first-order chi connectivity index (χ1) is 8.16. The molecule has 1 amide bonds. The molecule has 1 aromatic carbocycles. The highest BCUT2D eigenvalue weighted by molar-refractivity contribution is 6.02. The van der Waals surface area contributed by atoms with Crippen LogP contribution in [-0.2, 0) is 0 Å². The molecule has 2 N–H and O–H groups in total. The van der Waals surface area contributed by atoms with E-state index in [0.717, 1.165) is 6.07 Å². The lowest BCUT2D eigenvalue weighted by molar-refractivity contribution is 0.102. The summed E-state index contributed by atoms with van der Waals surface area (Å²) >= 11 is 0. The molecule has 2 aromatic rings. The smallest absolute Gasteiger partial charge is 0.274 e. The van der Waals surface area contributed by atoms with Gasteiger partial charge in [-0.2, -0.15) is 0 Å². The van der Waals surface area contributed by atoms with E-state index >= 15 is 0 Å². The number of rotatable bonds is 2. The van der Waals surface area contributed by atoms with E-state index in [0.29, 0.717) is 0 Å². The Morgan fingerprint density at radius 1 is 1.29 bits per heavy atom. The number of aromatic hydroxyl groups is 1. The standard InChI is InChI=1S/C12H9FN2O2/c13-9-7-8(4-5-11(9)16)15-12(17)10-3-1-2-6-14-10/h1-7,16H,(H,15,17). The Morgan fingerprint density at radius 3 is 2.76 bits per heavy atom. The maximum atomic E-state index is 13.0. The molecule has 2 rings (SSSR count). The van der Waals surface area contributed by atoms with Crippen molar-refractivity contribution in [1.29, 1.82) is 0 Å². The van der Waals surface area contributed by atoms with Gasteiger partial charge in [-0.1, -0.05) is 6.07 Å². The summed E-state index contributed by atoms with van der Waals surface area (Å²) in [6, 6.07) is 8.53. The summed E-state index contributed by atoms with van der Waals surface area (Å²) in [7, 11) is 0. The summed E-state index contributed by atoms with van der Waals surface area (Å²) in [5.74, 6) is -1.68. The van der Waals surface area contributed by atoms with Crippen LogP contribution in [0, 0.1) is 5.82 Å². The molecule has 0 unspecified atom stereocenters. The van der Waals surface area contributed by atoms with E-state index in [1.165, 1.54) is 18.3 Å². The second kappa shape index (κ2) is 4.61. The van der Waals surface area contributed by atoms with Crippen molar-refractivity contribution >= 4 is 11.6 Å². The van der Waals surface area contributed by atoms with E-state index in [2.05, 4.69) is 10.3 Å². The van der Waals surface area contributed by atoms with Crippen molar-refractivity contribution in [3.63, 3.8) is 0 Å². The number of hydrogen-bond acceptors (Lipinski definition) is 3. The van der Waals surface area contributed by atoms with Gasteiger partial charge in [-0.05, 0) is 24.3 Å². The van der Waals surface area contributed by atoms with Crippen LogP contribution < -0.4 is 5.32 Å². The number of anilines is 1. The largest absolute Gasteiger partial charge is 0.505 e. The fourth-order valence-electron chi connectivity index (χ4n) is 1.28. The van der Waals surface area contributed by atoms with Crippen LogP contribution >= 0.6 is 0 Å². The van der Waals surface area contributed by atoms with Gasteiger partial charge in [0.2, 0.25) is 0 Å². The number of carbonyl (C=O) groups is 1. The Morgan fingerprint density at radius 2 is 2.12 bits per heavy atom. The molecular formula is C12H9FN2O2. The van der Waals surface area contributed by atoms with E-state index in [1.807, 2.05) is 0 Å². The average molecular weight is 232 g/mol.